The number of thiophene rings is 1. The minimum Gasteiger partial charge on any atom is -0.461 e. The smallest absolute Gasteiger partial charge is 0.317 e. The summed E-state index contributed by atoms with van der Waals surface area (Å²) in [4.78, 5) is 10.7. The van der Waals surface area contributed by atoms with Gasteiger partial charge in [-0.1, -0.05) is 6.07 Å². The number of benzene rings is 2. The Morgan fingerprint density at radius 2 is 2.08 bits per heavy atom. The van der Waals surface area contributed by atoms with Crippen LogP contribution in [0.4, 0.5) is 22.6 Å². The quantitative estimate of drug-likeness (QED) is 0.300. The number of aromatic nitrogens is 2. The van der Waals surface area contributed by atoms with Gasteiger partial charge in [-0.15, -0.1) is 11.3 Å². The van der Waals surface area contributed by atoms with E-state index in [1.165, 1.54) is 18.3 Å². The Kier molecular flexibility index (Phi) is 5.75. The van der Waals surface area contributed by atoms with Crippen LogP contribution < -0.4 is 10.5 Å². The molecular weight excluding hydrogens is 546 g/mol. The average molecular weight is 568 g/mol. The predicted octanol–water partition coefficient (Wildman–Crippen LogP) is 6.04. The molecule has 1 atom stereocenters. The molecule has 5 heterocycles. The molecule has 0 amide bonds. The fourth-order valence-electron chi connectivity index (χ4n) is 6.42. The zero-order valence-corrected chi connectivity index (χ0v) is 21.8. The van der Waals surface area contributed by atoms with E-state index in [0.717, 1.165) is 17.8 Å². The van der Waals surface area contributed by atoms with Crippen LogP contribution in [0, 0.1) is 23.0 Å². The molecule has 0 aliphatic carbocycles. The molecule has 40 heavy (non-hydrogen) atoms. The zero-order valence-electron chi connectivity index (χ0n) is 21.0. The number of ether oxygens (including phenoxy) is 2. The summed E-state index contributed by atoms with van der Waals surface area (Å²) in [6.07, 6.45) is 1.61. The van der Waals surface area contributed by atoms with Crippen molar-refractivity contribution in [3.05, 3.63) is 58.3 Å². The largest absolute Gasteiger partial charge is 0.461 e. The number of anilines is 1. The first-order chi connectivity index (χ1) is 19.3. The van der Waals surface area contributed by atoms with Crippen LogP contribution in [0.25, 0.3) is 32.1 Å². The summed E-state index contributed by atoms with van der Waals surface area (Å²) in [7, 11) is 0. The summed E-state index contributed by atoms with van der Waals surface area (Å²) in [6.45, 7) is 1.32. The van der Waals surface area contributed by atoms with E-state index in [-0.39, 0.29) is 76.1 Å². The van der Waals surface area contributed by atoms with Crippen molar-refractivity contribution in [3.63, 3.8) is 0 Å². The first-order valence-corrected chi connectivity index (χ1v) is 13.5. The lowest BCUT2D eigenvalue weighted by atomic mass is 9.91. The Morgan fingerprint density at radius 3 is 2.88 bits per heavy atom. The summed E-state index contributed by atoms with van der Waals surface area (Å²) in [5.74, 6) is -1.23. The van der Waals surface area contributed by atoms with E-state index < -0.39 is 23.3 Å². The summed E-state index contributed by atoms with van der Waals surface area (Å²) in [5, 5.41) is 10.6. The first-order valence-electron chi connectivity index (χ1n) is 12.7. The van der Waals surface area contributed by atoms with Crippen molar-refractivity contribution in [2.45, 2.75) is 38.0 Å². The summed E-state index contributed by atoms with van der Waals surface area (Å²) >= 11 is 0.938. The van der Waals surface area contributed by atoms with Crippen molar-refractivity contribution in [3.8, 4) is 23.2 Å². The maximum absolute atomic E-state index is 16.5. The van der Waals surface area contributed by atoms with Crippen molar-refractivity contribution in [2.24, 2.45) is 0 Å². The molecule has 2 fully saturated rings. The molecule has 3 aliphatic heterocycles. The topological polar surface area (TPSA) is 97.3 Å². The van der Waals surface area contributed by atoms with Crippen LogP contribution in [-0.4, -0.2) is 40.1 Å². The van der Waals surface area contributed by atoms with Gasteiger partial charge in [-0.25, -0.2) is 13.8 Å². The van der Waals surface area contributed by atoms with Crippen molar-refractivity contribution in [2.75, 3.05) is 25.4 Å². The molecule has 0 radical (unpaired) electrons. The molecule has 3 aliphatic rings. The standard InChI is InChI=1S/C28H21F4N5O2S/c29-19-3-2-14(21-15(7-33)26(34)40-24(19)21)20-18-11-38-10-17(18)16-8-35-27(36-23(16)22(20)30)39-12-28-4-1-5-37(28)9-13(6-28)25(31)32/h2-3,8H,1,4-6,9-12,34H2. The van der Waals surface area contributed by atoms with Gasteiger partial charge in [0.05, 0.1) is 29.0 Å². The van der Waals surface area contributed by atoms with Crippen LogP contribution in [0.5, 0.6) is 6.01 Å². The highest BCUT2D eigenvalue weighted by Crippen LogP contribution is 2.46. The molecule has 4 aromatic rings. The van der Waals surface area contributed by atoms with Crippen molar-refractivity contribution >= 4 is 37.3 Å². The maximum Gasteiger partial charge on any atom is 0.317 e. The van der Waals surface area contributed by atoms with Gasteiger partial charge in [0.1, 0.15) is 29.0 Å². The monoisotopic (exact) mass is 567 g/mol. The van der Waals surface area contributed by atoms with Crippen LogP contribution in [0.3, 0.4) is 0 Å². The Morgan fingerprint density at radius 1 is 1.25 bits per heavy atom. The zero-order chi connectivity index (χ0) is 27.8. The van der Waals surface area contributed by atoms with Crippen molar-refractivity contribution in [1.29, 1.82) is 5.26 Å². The summed E-state index contributed by atoms with van der Waals surface area (Å²) in [5.41, 5.74) is 7.39. The van der Waals surface area contributed by atoms with E-state index in [0.29, 0.717) is 35.0 Å². The second kappa shape index (κ2) is 9.12. The molecule has 2 N–H and O–H groups in total. The molecular formula is C28H21F4N5O2S. The highest BCUT2D eigenvalue weighted by molar-refractivity contribution is 7.23. The van der Waals surface area contributed by atoms with Crippen LogP contribution in [0.15, 0.2) is 30.0 Å². The van der Waals surface area contributed by atoms with Gasteiger partial charge >= 0.3 is 6.01 Å². The molecule has 0 saturated carbocycles. The van der Waals surface area contributed by atoms with Gasteiger partial charge in [0.2, 0.25) is 0 Å². The highest BCUT2D eigenvalue weighted by atomic mass is 32.1. The van der Waals surface area contributed by atoms with Gasteiger partial charge in [-0.2, -0.15) is 19.0 Å². The second-order valence-electron chi connectivity index (χ2n) is 10.4. The first kappa shape index (κ1) is 25.2. The molecule has 12 heteroatoms. The average Bonchev–Trinajstić information content (AvgIpc) is 3.70. The van der Waals surface area contributed by atoms with Gasteiger partial charge in [0.25, 0.3) is 6.08 Å². The lowest BCUT2D eigenvalue weighted by molar-refractivity contribution is 0.108. The number of rotatable bonds is 4. The number of hydrogen-bond acceptors (Lipinski definition) is 8. The molecule has 0 spiro atoms. The van der Waals surface area contributed by atoms with E-state index in [1.54, 1.807) is 0 Å². The van der Waals surface area contributed by atoms with E-state index >= 15 is 4.39 Å². The molecule has 1 unspecified atom stereocenters. The number of hydrogen-bond donors (Lipinski definition) is 1. The number of halogens is 4. The number of nitrogen functional groups attached to an aromatic ring is 1. The van der Waals surface area contributed by atoms with Crippen LogP contribution in [0.2, 0.25) is 0 Å². The third kappa shape index (κ3) is 3.61. The minimum atomic E-state index is -1.65. The molecule has 7 nitrogen and oxygen atoms in total. The van der Waals surface area contributed by atoms with Crippen molar-refractivity contribution < 1.29 is 27.0 Å². The van der Waals surface area contributed by atoms with Gasteiger partial charge < -0.3 is 15.2 Å². The van der Waals surface area contributed by atoms with Crippen LogP contribution in [-0.2, 0) is 18.0 Å². The number of nitrogens with zero attached hydrogens (tertiary/aromatic N) is 4. The number of fused-ring (bicyclic) bond motifs is 5. The molecule has 204 valence electrons. The van der Waals surface area contributed by atoms with E-state index in [4.69, 9.17) is 15.2 Å². The SMILES string of the molecule is N#Cc1c(N)sc2c(F)ccc(-c3c4c(c5cnc(OCC67CCCN6CC(=C(F)F)C7)nc5c3F)COC4)c12. The normalized spacial score (nSPS) is 20.3. The molecule has 2 aromatic heterocycles. The second-order valence-corrected chi connectivity index (χ2v) is 11.4. The van der Waals surface area contributed by atoms with Crippen LogP contribution in [0.1, 0.15) is 36.0 Å². The fourth-order valence-corrected chi connectivity index (χ4v) is 7.37. The van der Waals surface area contributed by atoms with Gasteiger partial charge in [-0.05, 0) is 48.6 Å². The van der Waals surface area contributed by atoms with Gasteiger partial charge in [0.15, 0.2) is 5.82 Å². The van der Waals surface area contributed by atoms with E-state index in [9.17, 15) is 18.4 Å². The Hall–Kier alpha value is -3.79. The van der Waals surface area contributed by atoms with Crippen molar-refractivity contribution in [1.82, 2.24) is 14.9 Å². The maximum atomic E-state index is 16.5. The summed E-state index contributed by atoms with van der Waals surface area (Å²) in [6, 6.07) is 4.62. The molecule has 2 saturated heterocycles. The summed E-state index contributed by atoms with van der Waals surface area (Å²) < 4.78 is 69.6. The molecule has 2 aromatic carbocycles. The third-order valence-electron chi connectivity index (χ3n) is 8.28. The lowest BCUT2D eigenvalue weighted by Crippen LogP contribution is -2.43. The van der Waals surface area contributed by atoms with E-state index in [1.807, 2.05) is 11.0 Å². The third-order valence-corrected chi connectivity index (χ3v) is 9.31. The lowest BCUT2D eigenvalue weighted by Gasteiger charge is -2.30. The fraction of sp³-hybridized carbons (Fsp3) is 0.321. The number of nitriles is 1. The Labute approximate surface area is 229 Å². The molecule has 7 rings (SSSR count). The Bertz CT molecular complexity index is 1810. The van der Waals surface area contributed by atoms with E-state index in [2.05, 4.69) is 9.97 Å². The number of nitrogens with two attached hydrogens (primary N) is 1. The minimum absolute atomic E-state index is 0.00831. The predicted molar refractivity (Wildman–Crippen MR) is 141 cm³/mol. The van der Waals surface area contributed by atoms with Crippen LogP contribution >= 0.6 is 11.3 Å². The Balaban J connectivity index is 1.34. The van der Waals surface area contributed by atoms with Gasteiger partial charge in [-0.3, -0.25) is 4.90 Å². The van der Waals surface area contributed by atoms with Gasteiger partial charge in [0, 0.05) is 34.7 Å². The highest BCUT2D eigenvalue weighted by Gasteiger charge is 2.48. The molecule has 0 bridgehead atoms.